The molecule has 0 bridgehead atoms. The van der Waals surface area contributed by atoms with Gasteiger partial charge in [-0.05, 0) is 37.0 Å². The highest BCUT2D eigenvalue weighted by atomic mass is 16.3. The van der Waals surface area contributed by atoms with Crippen molar-refractivity contribution in [2.24, 2.45) is 0 Å². The molecule has 0 heterocycles. The van der Waals surface area contributed by atoms with Crippen LogP contribution in [0.5, 0.6) is 0 Å². The van der Waals surface area contributed by atoms with E-state index in [0.29, 0.717) is 6.42 Å². The van der Waals surface area contributed by atoms with E-state index in [1.807, 2.05) is 12.1 Å². The van der Waals surface area contributed by atoms with E-state index in [9.17, 15) is 5.11 Å². The van der Waals surface area contributed by atoms with Gasteiger partial charge in [-0.1, -0.05) is 58.6 Å². The topological polar surface area (TPSA) is 32.3 Å². The third kappa shape index (κ3) is 5.16. The number of rotatable bonds is 10. The van der Waals surface area contributed by atoms with Gasteiger partial charge in [0.25, 0.3) is 0 Å². The second-order valence-electron chi connectivity index (χ2n) is 5.60. The molecule has 2 heteroatoms. The first-order valence-corrected chi connectivity index (χ1v) is 8.02. The molecule has 113 valence electrons. The van der Waals surface area contributed by atoms with E-state index in [4.69, 9.17) is 0 Å². The average Bonchev–Trinajstić information content (AvgIpc) is 2.49. The Morgan fingerprint density at radius 2 is 1.90 bits per heavy atom. The smallest absolute Gasteiger partial charge is 0.0897 e. The van der Waals surface area contributed by atoms with Crippen LogP contribution in [0.3, 0.4) is 0 Å². The molecule has 2 N–H and O–H groups in total. The van der Waals surface area contributed by atoms with Crippen LogP contribution in [0.4, 0.5) is 5.69 Å². The number of hydrogen-bond donors (Lipinski definition) is 2. The van der Waals surface area contributed by atoms with Gasteiger partial charge in [0, 0.05) is 12.2 Å². The van der Waals surface area contributed by atoms with E-state index in [0.717, 1.165) is 37.1 Å². The number of benzene rings is 1. The van der Waals surface area contributed by atoms with E-state index in [-0.39, 0.29) is 0 Å². The summed E-state index contributed by atoms with van der Waals surface area (Å²) in [6.45, 7) is 9.29. The molecule has 2 nitrogen and oxygen atoms in total. The van der Waals surface area contributed by atoms with Crippen LogP contribution in [0.15, 0.2) is 24.3 Å². The van der Waals surface area contributed by atoms with Crippen LogP contribution in [0.25, 0.3) is 0 Å². The summed E-state index contributed by atoms with van der Waals surface area (Å²) in [4.78, 5) is 0. The molecule has 0 saturated heterocycles. The molecule has 1 aromatic carbocycles. The van der Waals surface area contributed by atoms with Gasteiger partial charge in [-0.2, -0.15) is 0 Å². The molecule has 0 saturated carbocycles. The highest BCUT2D eigenvalue weighted by molar-refractivity contribution is 5.47. The van der Waals surface area contributed by atoms with Gasteiger partial charge in [-0.15, -0.1) is 0 Å². The van der Waals surface area contributed by atoms with Crippen molar-refractivity contribution in [3.05, 3.63) is 36.8 Å². The molecule has 0 aromatic heterocycles. The van der Waals surface area contributed by atoms with E-state index in [1.54, 1.807) is 0 Å². The molecule has 1 rings (SSSR count). The molecule has 0 amide bonds. The first-order valence-electron chi connectivity index (χ1n) is 8.02. The molecule has 1 aromatic rings. The van der Waals surface area contributed by atoms with E-state index >= 15 is 0 Å². The third-order valence-electron chi connectivity index (χ3n) is 3.87. The first-order chi connectivity index (χ1) is 9.66. The highest BCUT2D eigenvalue weighted by Gasteiger charge is 2.26. The third-order valence-corrected chi connectivity index (χ3v) is 3.87. The number of anilines is 1. The Labute approximate surface area is 124 Å². The fourth-order valence-corrected chi connectivity index (χ4v) is 2.41. The van der Waals surface area contributed by atoms with Crippen LogP contribution < -0.4 is 5.32 Å². The molecule has 0 spiro atoms. The largest absolute Gasteiger partial charge is 0.385 e. The number of aliphatic hydroxyl groups is 1. The average molecular weight is 276 g/mol. The number of nitrogens with one attached hydrogen (secondary N) is 1. The Kier molecular flexibility index (Phi) is 7.68. The predicted molar refractivity (Wildman–Crippen MR) is 87.9 cm³/mol. The fraction of sp³-hybridized carbons (Fsp3) is 0.611. The minimum absolute atomic E-state index is 0.520. The monoisotopic (exact) mass is 276 g/mol. The quantitative estimate of drug-likeness (QED) is 0.596. The van der Waals surface area contributed by atoms with Crippen LogP contribution in [0.1, 0.15) is 64.4 Å². The second kappa shape index (κ2) is 9.02. The molecular weight excluding hydrogens is 246 g/mol. The lowest BCUT2D eigenvalue weighted by molar-refractivity contribution is 0.0275. The summed E-state index contributed by atoms with van der Waals surface area (Å²) in [5.74, 6) is 0. The van der Waals surface area contributed by atoms with Crippen molar-refractivity contribution in [3.63, 3.8) is 0 Å². The zero-order valence-electron chi connectivity index (χ0n) is 13.1. The minimum Gasteiger partial charge on any atom is -0.385 e. The van der Waals surface area contributed by atoms with Crippen LogP contribution in [0, 0.1) is 6.92 Å². The summed E-state index contributed by atoms with van der Waals surface area (Å²) in [6.07, 6.45) is 7.11. The van der Waals surface area contributed by atoms with Crippen molar-refractivity contribution in [1.29, 1.82) is 0 Å². The van der Waals surface area contributed by atoms with Crippen molar-refractivity contribution < 1.29 is 5.11 Å². The lowest BCUT2D eigenvalue weighted by atomic mass is 9.86. The normalized spacial score (nSPS) is 14.0. The summed E-state index contributed by atoms with van der Waals surface area (Å²) in [6, 6.07) is 8.17. The predicted octanol–water partition coefficient (Wildman–Crippen LogP) is 4.89. The van der Waals surface area contributed by atoms with Crippen LogP contribution in [-0.4, -0.2) is 11.7 Å². The maximum Gasteiger partial charge on any atom is 0.0897 e. The van der Waals surface area contributed by atoms with Crippen LogP contribution in [-0.2, 0) is 5.60 Å². The maximum absolute atomic E-state index is 10.8. The van der Waals surface area contributed by atoms with Gasteiger partial charge in [0.05, 0.1) is 5.60 Å². The number of unbranched alkanes of at least 4 members (excludes halogenated alkanes) is 3. The molecule has 0 aliphatic rings. The van der Waals surface area contributed by atoms with Crippen LogP contribution in [0.2, 0.25) is 0 Å². The Morgan fingerprint density at radius 1 is 1.15 bits per heavy atom. The Morgan fingerprint density at radius 3 is 2.55 bits per heavy atom. The summed E-state index contributed by atoms with van der Waals surface area (Å²) in [5.41, 5.74) is 1.31. The van der Waals surface area contributed by atoms with Crippen LogP contribution >= 0.6 is 0 Å². The van der Waals surface area contributed by atoms with Gasteiger partial charge >= 0.3 is 0 Å². The molecule has 1 atom stereocenters. The lowest BCUT2D eigenvalue weighted by Gasteiger charge is -2.28. The Balaban J connectivity index is 2.69. The molecule has 1 unspecified atom stereocenters. The molecule has 0 fully saturated rings. The first kappa shape index (κ1) is 17.0. The van der Waals surface area contributed by atoms with Gasteiger partial charge in [0.1, 0.15) is 0 Å². The maximum atomic E-state index is 10.8. The lowest BCUT2D eigenvalue weighted by Crippen LogP contribution is -2.24. The standard InChI is InChI=1S/C18H30NO/c1-4-7-9-14-19-17-12-10-11-16(15-17)18(20,6-3)13-8-5-2/h10-12,15,19-20H,3-9,13-14H2,1-2H3. The molecule has 0 aliphatic heterocycles. The van der Waals surface area contributed by atoms with Crippen molar-refractivity contribution in [3.8, 4) is 0 Å². The fourth-order valence-electron chi connectivity index (χ4n) is 2.41. The zero-order valence-corrected chi connectivity index (χ0v) is 13.1. The Bertz CT molecular complexity index is 377. The van der Waals surface area contributed by atoms with Gasteiger partial charge in [-0.25, -0.2) is 0 Å². The molecule has 0 aliphatic carbocycles. The highest BCUT2D eigenvalue weighted by Crippen LogP contribution is 2.31. The minimum atomic E-state index is -0.781. The zero-order chi connectivity index (χ0) is 14.8. The van der Waals surface area contributed by atoms with Crippen molar-refractivity contribution in [2.75, 3.05) is 11.9 Å². The number of hydrogen-bond acceptors (Lipinski definition) is 2. The summed E-state index contributed by atoms with van der Waals surface area (Å²) in [5, 5.41) is 14.2. The summed E-state index contributed by atoms with van der Waals surface area (Å²) >= 11 is 0. The van der Waals surface area contributed by atoms with Gasteiger partial charge in [0.15, 0.2) is 0 Å². The van der Waals surface area contributed by atoms with E-state index in [2.05, 4.69) is 38.2 Å². The summed E-state index contributed by atoms with van der Waals surface area (Å²) < 4.78 is 0. The van der Waals surface area contributed by atoms with E-state index < -0.39 is 5.60 Å². The molecule has 1 radical (unpaired) electrons. The van der Waals surface area contributed by atoms with Gasteiger partial charge in [0.2, 0.25) is 0 Å². The molecular formula is C18H30NO. The van der Waals surface area contributed by atoms with Crippen molar-refractivity contribution in [2.45, 2.75) is 64.4 Å². The Hall–Kier alpha value is -1.02. The van der Waals surface area contributed by atoms with E-state index in [1.165, 1.54) is 19.3 Å². The van der Waals surface area contributed by atoms with Crippen molar-refractivity contribution in [1.82, 2.24) is 0 Å². The van der Waals surface area contributed by atoms with Gasteiger partial charge in [-0.3, -0.25) is 0 Å². The second-order valence-corrected chi connectivity index (χ2v) is 5.60. The SMILES string of the molecule is [CH2]CC(O)(CCCC)c1cccc(NCCCCC)c1. The van der Waals surface area contributed by atoms with Crippen molar-refractivity contribution >= 4 is 5.69 Å². The summed E-state index contributed by atoms with van der Waals surface area (Å²) in [7, 11) is 0. The van der Waals surface area contributed by atoms with Gasteiger partial charge < -0.3 is 10.4 Å². The molecule has 20 heavy (non-hydrogen) atoms.